The van der Waals surface area contributed by atoms with Gasteiger partial charge >= 0.3 is 0 Å². The predicted octanol–water partition coefficient (Wildman–Crippen LogP) is 3.36. The summed E-state index contributed by atoms with van der Waals surface area (Å²) >= 11 is 0. The van der Waals surface area contributed by atoms with E-state index in [2.05, 4.69) is 24.7 Å². The van der Waals surface area contributed by atoms with Crippen LogP contribution in [0.25, 0.3) is 0 Å². The van der Waals surface area contributed by atoms with Crippen molar-refractivity contribution in [2.45, 2.75) is 33.1 Å². The average molecular weight is 369 g/mol. The highest BCUT2D eigenvalue weighted by atomic mass is 16.6. The van der Waals surface area contributed by atoms with Gasteiger partial charge in [-0.15, -0.1) is 0 Å². The number of nitro benzene ring substituents is 1. The molecule has 0 aliphatic rings. The zero-order valence-electron chi connectivity index (χ0n) is 15.6. The highest BCUT2D eigenvalue weighted by Gasteiger charge is 2.21. The van der Waals surface area contributed by atoms with Crippen molar-refractivity contribution in [1.29, 1.82) is 0 Å². The first kappa shape index (κ1) is 20.1. The molecule has 0 aliphatic carbocycles. The molecule has 0 fully saturated rings. The van der Waals surface area contributed by atoms with E-state index in [-0.39, 0.29) is 11.3 Å². The van der Waals surface area contributed by atoms with Gasteiger partial charge in [0.25, 0.3) is 11.6 Å². The number of hydrazine groups is 1. The molecule has 142 valence electrons. The van der Waals surface area contributed by atoms with Gasteiger partial charge in [0.2, 0.25) is 5.91 Å². The molecule has 1 unspecified atom stereocenters. The normalized spacial score (nSPS) is 11.7. The highest BCUT2D eigenvalue weighted by Crippen LogP contribution is 2.19. The fourth-order valence-corrected chi connectivity index (χ4v) is 2.68. The van der Waals surface area contributed by atoms with Crippen LogP contribution in [0.4, 0.5) is 5.69 Å². The molecule has 1 atom stereocenters. The maximum absolute atomic E-state index is 12.3. The Morgan fingerprint density at radius 3 is 2.22 bits per heavy atom. The SMILES string of the molecule is CC(C)Cc1ccc(C(C)C(=O)NNC(=O)c2ccccc2[N+](=O)[O-])cc1. The quantitative estimate of drug-likeness (QED) is 0.602. The van der Waals surface area contributed by atoms with Gasteiger partial charge in [-0.1, -0.05) is 50.2 Å². The molecule has 0 bridgehead atoms. The minimum Gasteiger partial charge on any atom is -0.273 e. The third-order valence-corrected chi connectivity index (χ3v) is 4.16. The molecule has 2 rings (SSSR count). The molecular weight excluding hydrogens is 346 g/mol. The Balaban J connectivity index is 1.99. The minimum atomic E-state index is -0.741. The van der Waals surface area contributed by atoms with Crippen LogP contribution in [-0.2, 0) is 11.2 Å². The first-order chi connectivity index (χ1) is 12.8. The molecule has 2 N–H and O–H groups in total. The number of amides is 2. The molecule has 0 spiro atoms. The van der Waals surface area contributed by atoms with Crippen molar-refractivity contribution in [2.75, 3.05) is 0 Å². The van der Waals surface area contributed by atoms with Crippen LogP contribution in [0.5, 0.6) is 0 Å². The van der Waals surface area contributed by atoms with Crippen LogP contribution in [0.15, 0.2) is 48.5 Å². The Morgan fingerprint density at radius 2 is 1.63 bits per heavy atom. The zero-order chi connectivity index (χ0) is 20.0. The first-order valence-corrected chi connectivity index (χ1v) is 8.72. The number of para-hydroxylation sites is 1. The van der Waals surface area contributed by atoms with Gasteiger partial charge in [-0.25, -0.2) is 0 Å². The summed E-state index contributed by atoms with van der Waals surface area (Å²) in [4.78, 5) is 34.8. The van der Waals surface area contributed by atoms with Gasteiger partial charge in [0.1, 0.15) is 5.56 Å². The van der Waals surface area contributed by atoms with E-state index < -0.39 is 22.7 Å². The zero-order valence-corrected chi connectivity index (χ0v) is 15.6. The van der Waals surface area contributed by atoms with E-state index in [1.165, 1.54) is 29.8 Å². The standard InChI is InChI=1S/C20H23N3O4/c1-13(2)12-15-8-10-16(11-9-15)14(3)19(24)21-22-20(25)17-6-4-5-7-18(17)23(26)27/h4-11,13-14H,12H2,1-3H3,(H,21,24)(H,22,25). The van der Waals surface area contributed by atoms with E-state index in [1.807, 2.05) is 24.3 Å². The van der Waals surface area contributed by atoms with Crippen LogP contribution >= 0.6 is 0 Å². The molecule has 0 radical (unpaired) electrons. The predicted molar refractivity (Wildman–Crippen MR) is 102 cm³/mol. The van der Waals surface area contributed by atoms with E-state index in [1.54, 1.807) is 6.92 Å². The van der Waals surface area contributed by atoms with Crippen molar-refractivity contribution in [3.8, 4) is 0 Å². The van der Waals surface area contributed by atoms with Crippen LogP contribution < -0.4 is 10.9 Å². The highest BCUT2D eigenvalue weighted by molar-refractivity contribution is 5.99. The number of carbonyl (C=O) groups excluding carboxylic acids is 2. The summed E-state index contributed by atoms with van der Waals surface area (Å²) in [7, 11) is 0. The summed E-state index contributed by atoms with van der Waals surface area (Å²) in [6.45, 7) is 6.01. The van der Waals surface area contributed by atoms with Gasteiger partial charge in [0.05, 0.1) is 10.8 Å². The molecule has 0 saturated heterocycles. The van der Waals surface area contributed by atoms with E-state index in [4.69, 9.17) is 0 Å². The molecule has 0 aliphatic heterocycles. The summed E-state index contributed by atoms with van der Waals surface area (Å²) in [6, 6.07) is 13.3. The average Bonchev–Trinajstić information content (AvgIpc) is 2.65. The van der Waals surface area contributed by atoms with Crippen molar-refractivity contribution >= 4 is 17.5 Å². The summed E-state index contributed by atoms with van der Waals surface area (Å²) < 4.78 is 0. The van der Waals surface area contributed by atoms with E-state index in [0.29, 0.717) is 5.92 Å². The van der Waals surface area contributed by atoms with E-state index in [9.17, 15) is 19.7 Å². The Labute approximate surface area is 157 Å². The van der Waals surface area contributed by atoms with Crippen molar-refractivity contribution in [1.82, 2.24) is 10.9 Å². The lowest BCUT2D eigenvalue weighted by Crippen LogP contribution is -2.43. The molecule has 0 aromatic heterocycles. The lowest BCUT2D eigenvalue weighted by Gasteiger charge is -2.14. The Bertz CT molecular complexity index is 831. The van der Waals surface area contributed by atoms with Gasteiger partial charge in [0, 0.05) is 6.07 Å². The number of rotatable bonds is 6. The lowest BCUT2D eigenvalue weighted by atomic mass is 9.96. The molecule has 2 amide bonds. The van der Waals surface area contributed by atoms with Crippen LogP contribution in [0.2, 0.25) is 0 Å². The molecule has 2 aromatic carbocycles. The largest absolute Gasteiger partial charge is 0.282 e. The molecular formula is C20H23N3O4. The second-order valence-corrected chi connectivity index (χ2v) is 6.78. The number of nitrogens with one attached hydrogen (secondary N) is 2. The van der Waals surface area contributed by atoms with Gasteiger partial charge in [-0.2, -0.15) is 0 Å². The summed E-state index contributed by atoms with van der Waals surface area (Å²) in [5.74, 6) is -1.08. The smallest absolute Gasteiger partial charge is 0.273 e. The number of nitrogens with zero attached hydrogens (tertiary/aromatic N) is 1. The van der Waals surface area contributed by atoms with Gasteiger partial charge < -0.3 is 0 Å². The third-order valence-electron chi connectivity index (χ3n) is 4.16. The Kier molecular flexibility index (Phi) is 6.65. The van der Waals surface area contributed by atoms with Gasteiger partial charge in [-0.3, -0.25) is 30.6 Å². The fraction of sp³-hybridized carbons (Fsp3) is 0.300. The summed E-state index contributed by atoms with van der Waals surface area (Å²) in [5, 5.41) is 11.0. The molecule has 0 saturated carbocycles. The molecule has 0 heterocycles. The van der Waals surface area contributed by atoms with Crippen molar-refractivity contribution in [3.63, 3.8) is 0 Å². The van der Waals surface area contributed by atoms with Crippen molar-refractivity contribution in [3.05, 3.63) is 75.3 Å². The van der Waals surface area contributed by atoms with Crippen LogP contribution in [0.1, 0.15) is 48.2 Å². The Hall–Kier alpha value is -3.22. The van der Waals surface area contributed by atoms with Crippen LogP contribution in [-0.4, -0.2) is 16.7 Å². The number of hydrogen-bond acceptors (Lipinski definition) is 4. The lowest BCUT2D eigenvalue weighted by molar-refractivity contribution is -0.385. The monoisotopic (exact) mass is 369 g/mol. The number of hydrogen-bond donors (Lipinski definition) is 2. The second kappa shape index (κ2) is 8.93. The number of nitro groups is 1. The second-order valence-electron chi connectivity index (χ2n) is 6.78. The molecule has 27 heavy (non-hydrogen) atoms. The van der Waals surface area contributed by atoms with Gasteiger partial charge in [-0.05, 0) is 36.5 Å². The molecule has 7 nitrogen and oxygen atoms in total. The number of carbonyl (C=O) groups is 2. The topological polar surface area (TPSA) is 101 Å². The van der Waals surface area contributed by atoms with Gasteiger partial charge in [0.15, 0.2) is 0 Å². The van der Waals surface area contributed by atoms with E-state index in [0.717, 1.165) is 12.0 Å². The number of benzene rings is 2. The molecule has 2 aromatic rings. The van der Waals surface area contributed by atoms with Crippen molar-refractivity contribution < 1.29 is 14.5 Å². The first-order valence-electron chi connectivity index (χ1n) is 8.72. The summed E-state index contributed by atoms with van der Waals surface area (Å²) in [5.41, 5.74) is 6.15. The maximum atomic E-state index is 12.3. The van der Waals surface area contributed by atoms with Crippen LogP contribution in [0, 0.1) is 16.0 Å². The van der Waals surface area contributed by atoms with Crippen molar-refractivity contribution in [2.24, 2.45) is 5.92 Å². The minimum absolute atomic E-state index is 0.117. The molecule has 7 heteroatoms. The fourth-order valence-electron chi connectivity index (χ4n) is 2.68. The van der Waals surface area contributed by atoms with Crippen LogP contribution in [0.3, 0.4) is 0 Å². The maximum Gasteiger partial charge on any atom is 0.282 e. The summed E-state index contributed by atoms with van der Waals surface area (Å²) in [6.07, 6.45) is 0.965. The third kappa shape index (κ3) is 5.37. The van der Waals surface area contributed by atoms with E-state index >= 15 is 0 Å². The Morgan fingerprint density at radius 1 is 1.00 bits per heavy atom.